The van der Waals surface area contributed by atoms with E-state index < -0.39 is 0 Å². The molecule has 1 unspecified atom stereocenters. The molecular weight excluding hydrogens is 469 g/mol. The number of hydrogen-bond donors (Lipinski definition) is 1. The molecule has 5 nitrogen and oxygen atoms in total. The molecule has 0 bridgehead atoms. The molecule has 1 heterocycles. The van der Waals surface area contributed by atoms with Gasteiger partial charge in [0.1, 0.15) is 6.26 Å². The molecule has 0 fully saturated rings. The summed E-state index contributed by atoms with van der Waals surface area (Å²) in [6.07, 6.45) is 1.40. The van der Waals surface area contributed by atoms with Gasteiger partial charge in [0.05, 0.1) is 16.6 Å². The fraction of sp³-hybridized carbons (Fsp3) is 0.185. The van der Waals surface area contributed by atoms with Crippen LogP contribution < -0.4 is 5.32 Å². The van der Waals surface area contributed by atoms with Gasteiger partial charge in [-0.15, -0.1) is 0 Å². The Balaban J connectivity index is 1.49. The quantitative estimate of drug-likeness (QED) is 0.282. The molecule has 34 heavy (non-hydrogen) atoms. The van der Waals surface area contributed by atoms with E-state index in [1.807, 2.05) is 60.7 Å². The Kier molecular flexibility index (Phi) is 8.01. The SMILES string of the molecule is CC(c1ccccc1)N(Cc1ccc(Cl)c(Cl)c1)Cc1nc(C(=O)NCc2ccccc2)co1. The van der Waals surface area contributed by atoms with Crippen LogP contribution in [0.4, 0.5) is 0 Å². The number of nitrogens with one attached hydrogen (secondary N) is 1. The van der Waals surface area contributed by atoms with Crippen LogP contribution in [0, 0.1) is 0 Å². The Bertz CT molecular complexity index is 1230. The molecule has 4 aromatic rings. The summed E-state index contributed by atoms with van der Waals surface area (Å²) in [5.74, 6) is 0.193. The highest BCUT2D eigenvalue weighted by molar-refractivity contribution is 6.42. The molecule has 0 aliphatic rings. The first-order chi connectivity index (χ1) is 16.5. The number of nitrogens with zero attached hydrogens (tertiary/aromatic N) is 2. The molecule has 0 aliphatic carbocycles. The van der Waals surface area contributed by atoms with Crippen molar-refractivity contribution in [2.45, 2.75) is 32.6 Å². The standard InChI is InChI=1S/C27H25Cl2N3O2/c1-19(22-10-6-3-7-11-22)32(16-21-12-13-23(28)24(29)14-21)17-26-31-25(18-34-26)27(33)30-15-20-8-4-2-5-9-20/h2-14,18-19H,15-17H2,1H3,(H,30,33). The lowest BCUT2D eigenvalue weighted by molar-refractivity contribution is 0.0945. The van der Waals surface area contributed by atoms with E-state index in [0.29, 0.717) is 35.6 Å². The van der Waals surface area contributed by atoms with E-state index in [-0.39, 0.29) is 17.6 Å². The van der Waals surface area contributed by atoms with E-state index in [0.717, 1.165) is 16.7 Å². The van der Waals surface area contributed by atoms with Crippen LogP contribution in [0.1, 0.15) is 46.0 Å². The molecule has 0 saturated heterocycles. The molecule has 0 aliphatic heterocycles. The van der Waals surface area contributed by atoms with Gasteiger partial charge in [0.15, 0.2) is 5.69 Å². The Morgan fingerprint density at radius 3 is 2.35 bits per heavy atom. The number of amides is 1. The Morgan fingerprint density at radius 1 is 0.941 bits per heavy atom. The van der Waals surface area contributed by atoms with Crippen molar-refractivity contribution >= 4 is 29.1 Å². The van der Waals surface area contributed by atoms with Crippen molar-refractivity contribution in [1.29, 1.82) is 0 Å². The predicted molar refractivity (Wildman–Crippen MR) is 135 cm³/mol. The van der Waals surface area contributed by atoms with Crippen LogP contribution in [-0.2, 0) is 19.6 Å². The largest absolute Gasteiger partial charge is 0.447 e. The van der Waals surface area contributed by atoms with Crippen molar-refractivity contribution in [2.75, 3.05) is 0 Å². The van der Waals surface area contributed by atoms with Crippen molar-refractivity contribution < 1.29 is 9.21 Å². The molecule has 1 N–H and O–H groups in total. The van der Waals surface area contributed by atoms with Gasteiger partial charge >= 0.3 is 0 Å². The molecule has 1 amide bonds. The smallest absolute Gasteiger partial charge is 0.273 e. The summed E-state index contributed by atoms with van der Waals surface area (Å²) in [4.78, 5) is 19.2. The number of hydrogen-bond acceptors (Lipinski definition) is 4. The number of aromatic nitrogens is 1. The predicted octanol–water partition coefficient (Wildman–Crippen LogP) is 6.67. The molecule has 1 atom stereocenters. The Morgan fingerprint density at radius 2 is 1.65 bits per heavy atom. The van der Waals surface area contributed by atoms with E-state index in [9.17, 15) is 4.79 Å². The lowest BCUT2D eigenvalue weighted by Crippen LogP contribution is -2.27. The van der Waals surface area contributed by atoms with Crippen molar-refractivity contribution in [1.82, 2.24) is 15.2 Å². The lowest BCUT2D eigenvalue weighted by atomic mass is 10.1. The van der Waals surface area contributed by atoms with E-state index in [1.54, 1.807) is 6.07 Å². The van der Waals surface area contributed by atoms with Gasteiger partial charge in [-0.25, -0.2) is 4.98 Å². The lowest BCUT2D eigenvalue weighted by Gasteiger charge is -2.28. The normalized spacial score (nSPS) is 12.0. The van der Waals surface area contributed by atoms with Crippen LogP contribution in [0.5, 0.6) is 0 Å². The second-order valence-electron chi connectivity index (χ2n) is 8.03. The Labute approximate surface area is 209 Å². The van der Waals surface area contributed by atoms with Gasteiger partial charge in [-0.1, -0.05) is 89.9 Å². The second-order valence-corrected chi connectivity index (χ2v) is 8.85. The minimum absolute atomic E-state index is 0.0675. The highest BCUT2D eigenvalue weighted by Gasteiger charge is 2.21. The molecule has 0 spiro atoms. The zero-order chi connectivity index (χ0) is 23.9. The van der Waals surface area contributed by atoms with Crippen molar-refractivity contribution in [3.8, 4) is 0 Å². The summed E-state index contributed by atoms with van der Waals surface area (Å²) in [5.41, 5.74) is 3.45. The zero-order valence-electron chi connectivity index (χ0n) is 18.7. The molecule has 1 aromatic heterocycles. The third-order valence-electron chi connectivity index (χ3n) is 5.62. The van der Waals surface area contributed by atoms with E-state index in [4.69, 9.17) is 27.6 Å². The summed E-state index contributed by atoms with van der Waals surface area (Å²) < 4.78 is 5.67. The highest BCUT2D eigenvalue weighted by Crippen LogP contribution is 2.27. The van der Waals surface area contributed by atoms with E-state index >= 15 is 0 Å². The van der Waals surface area contributed by atoms with Crippen LogP contribution in [-0.4, -0.2) is 15.8 Å². The molecule has 174 valence electrons. The maximum Gasteiger partial charge on any atom is 0.273 e. The molecule has 3 aromatic carbocycles. The van der Waals surface area contributed by atoms with Gasteiger partial charge < -0.3 is 9.73 Å². The van der Waals surface area contributed by atoms with Crippen molar-refractivity contribution in [3.05, 3.63) is 123 Å². The summed E-state index contributed by atoms with van der Waals surface area (Å²) in [6, 6.07) is 25.6. The van der Waals surface area contributed by atoms with Gasteiger partial charge in [0, 0.05) is 19.1 Å². The summed E-state index contributed by atoms with van der Waals surface area (Å²) in [6.45, 7) is 3.58. The average molecular weight is 494 g/mol. The minimum Gasteiger partial charge on any atom is -0.447 e. The van der Waals surface area contributed by atoms with Gasteiger partial charge in [0.2, 0.25) is 5.89 Å². The van der Waals surface area contributed by atoms with Crippen LogP contribution in [0.2, 0.25) is 10.0 Å². The Hall–Kier alpha value is -3.12. The molecule has 4 rings (SSSR count). The van der Waals surface area contributed by atoms with Gasteiger partial charge in [-0.2, -0.15) is 0 Å². The average Bonchev–Trinajstić information content (AvgIpc) is 3.34. The highest BCUT2D eigenvalue weighted by atomic mass is 35.5. The molecule has 0 radical (unpaired) electrons. The van der Waals surface area contributed by atoms with Crippen LogP contribution in [0.25, 0.3) is 0 Å². The first kappa shape index (κ1) is 24.0. The number of carbonyl (C=O) groups is 1. The third kappa shape index (κ3) is 6.26. The maximum atomic E-state index is 12.6. The fourth-order valence-electron chi connectivity index (χ4n) is 3.67. The van der Waals surface area contributed by atoms with Crippen molar-refractivity contribution in [2.24, 2.45) is 0 Å². The summed E-state index contributed by atoms with van der Waals surface area (Å²) in [5, 5.41) is 3.91. The maximum absolute atomic E-state index is 12.6. The topological polar surface area (TPSA) is 58.4 Å². The fourth-order valence-corrected chi connectivity index (χ4v) is 4.00. The first-order valence-electron chi connectivity index (χ1n) is 11.0. The second kappa shape index (κ2) is 11.3. The summed E-state index contributed by atoms with van der Waals surface area (Å²) >= 11 is 12.3. The molecular formula is C27H25Cl2N3O2. The van der Waals surface area contributed by atoms with Crippen LogP contribution in [0.15, 0.2) is 89.5 Å². The third-order valence-corrected chi connectivity index (χ3v) is 6.36. The number of benzene rings is 3. The van der Waals surface area contributed by atoms with E-state index in [2.05, 4.69) is 34.3 Å². The van der Waals surface area contributed by atoms with E-state index in [1.165, 1.54) is 6.26 Å². The number of rotatable bonds is 9. The minimum atomic E-state index is -0.272. The first-order valence-corrected chi connectivity index (χ1v) is 11.7. The van der Waals surface area contributed by atoms with Gasteiger partial charge in [0.25, 0.3) is 5.91 Å². The van der Waals surface area contributed by atoms with Gasteiger partial charge in [-0.3, -0.25) is 9.69 Å². The van der Waals surface area contributed by atoms with Crippen LogP contribution in [0.3, 0.4) is 0 Å². The molecule has 7 heteroatoms. The summed E-state index contributed by atoms with van der Waals surface area (Å²) in [7, 11) is 0. The number of halogens is 2. The van der Waals surface area contributed by atoms with Crippen molar-refractivity contribution in [3.63, 3.8) is 0 Å². The monoisotopic (exact) mass is 493 g/mol. The number of carbonyl (C=O) groups excluding carboxylic acids is 1. The number of oxazole rings is 1. The zero-order valence-corrected chi connectivity index (χ0v) is 20.3. The van der Waals surface area contributed by atoms with Crippen LogP contribution >= 0.6 is 23.2 Å². The molecule has 0 saturated carbocycles. The van der Waals surface area contributed by atoms with Gasteiger partial charge in [-0.05, 0) is 35.7 Å².